The van der Waals surface area contributed by atoms with E-state index in [1.807, 2.05) is 35.2 Å². The lowest BCUT2D eigenvalue weighted by Crippen LogP contribution is -2.44. The third-order valence-corrected chi connectivity index (χ3v) is 4.93. The van der Waals surface area contributed by atoms with Crippen molar-refractivity contribution in [1.29, 1.82) is 0 Å². The molecule has 7 heteroatoms. The van der Waals surface area contributed by atoms with Gasteiger partial charge in [-0.25, -0.2) is 14.7 Å². The zero-order valence-electron chi connectivity index (χ0n) is 15.3. The van der Waals surface area contributed by atoms with E-state index >= 15 is 0 Å². The standard InChI is InChI=1S/C19H27N5O2/c1-2-3-11-20-18(25)23-12-9-16(10-13-23)17-21-22-19(26)24(17)14-15-7-5-4-6-8-15/h4-8,16H,2-3,9-14H2,1H3,(H,20,25)(H,22,26). The molecule has 0 spiro atoms. The van der Waals surface area contributed by atoms with Crippen LogP contribution in [-0.2, 0) is 6.54 Å². The van der Waals surface area contributed by atoms with Crippen LogP contribution in [0.25, 0.3) is 0 Å². The van der Waals surface area contributed by atoms with Gasteiger partial charge in [-0.2, -0.15) is 5.10 Å². The molecule has 0 bridgehead atoms. The van der Waals surface area contributed by atoms with Gasteiger partial charge in [0, 0.05) is 25.6 Å². The first-order chi connectivity index (χ1) is 12.7. The molecule has 1 aliphatic heterocycles. The van der Waals surface area contributed by atoms with Crippen LogP contribution in [0.3, 0.4) is 0 Å². The molecular formula is C19H27N5O2. The number of unbranched alkanes of at least 4 members (excludes halogenated alkanes) is 1. The molecule has 2 N–H and O–H groups in total. The summed E-state index contributed by atoms with van der Waals surface area (Å²) < 4.78 is 1.72. The molecule has 2 aromatic rings. The number of amides is 2. The molecule has 0 aliphatic carbocycles. The van der Waals surface area contributed by atoms with Gasteiger partial charge in [-0.05, 0) is 24.8 Å². The number of nitrogens with one attached hydrogen (secondary N) is 2. The summed E-state index contributed by atoms with van der Waals surface area (Å²) >= 11 is 0. The molecule has 1 saturated heterocycles. The summed E-state index contributed by atoms with van der Waals surface area (Å²) in [5.74, 6) is 0.988. The Bertz CT molecular complexity index is 760. The first kappa shape index (κ1) is 18.2. The number of benzene rings is 1. The Balaban J connectivity index is 1.61. The average Bonchev–Trinajstić information content (AvgIpc) is 3.03. The van der Waals surface area contributed by atoms with E-state index in [9.17, 15) is 9.59 Å². The van der Waals surface area contributed by atoms with Crippen LogP contribution in [-0.4, -0.2) is 45.3 Å². The van der Waals surface area contributed by atoms with Crippen LogP contribution in [0.5, 0.6) is 0 Å². The lowest BCUT2D eigenvalue weighted by molar-refractivity contribution is 0.180. The van der Waals surface area contributed by atoms with Crippen molar-refractivity contribution in [3.63, 3.8) is 0 Å². The van der Waals surface area contributed by atoms with Crippen LogP contribution >= 0.6 is 0 Å². The van der Waals surface area contributed by atoms with Gasteiger partial charge in [0.25, 0.3) is 0 Å². The number of urea groups is 1. The summed E-state index contributed by atoms with van der Waals surface area (Å²) in [6.45, 7) is 4.73. The van der Waals surface area contributed by atoms with Crippen molar-refractivity contribution in [3.8, 4) is 0 Å². The van der Waals surface area contributed by atoms with E-state index < -0.39 is 0 Å². The number of carbonyl (C=O) groups excluding carboxylic acids is 1. The molecule has 140 valence electrons. The molecular weight excluding hydrogens is 330 g/mol. The summed E-state index contributed by atoms with van der Waals surface area (Å²) in [5, 5.41) is 9.83. The second-order valence-electron chi connectivity index (χ2n) is 6.81. The second-order valence-corrected chi connectivity index (χ2v) is 6.81. The third kappa shape index (κ3) is 4.33. The summed E-state index contributed by atoms with van der Waals surface area (Å²) in [6.07, 6.45) is 3.71. The van der Waals surface area contributed by atoms with Gasteiger partial charge in [-0.15, -0.1) is 0 Å². The highest BCUT2D eigenvalue weighted by Gasteiger charge is 2.27. The Kier molecular flexibility index (Phi) is 6.09. The predicted molar refractivity (Wildman–Crippen MR) is 100 cm³/mol. The van der Waals surface area contributed by atoms with E-state index in [-0.39, 0.29) is 17.6 Å². The number of H-pyrrole nitrogens is 1. The molecule has 3 rings (SSSR count). The minimum Gasteiger partial charge on any atom is -0.338 e. The predicted octanol–water partition coefficient (Wildman–Crippen LogP) is 2.31. The second kappa shape index (κ2) is 8.69. The molecule has 1 aliphatic rings. The Morgan fingerprint density at radius 3 is 2.69 bits per heavy atom. The topological polar surface area (TPSA) is 83.0 Å². The molecule has 0 radical (unpaired) electrons. The van der Waals surface area contributed by atoms with Crippen molar-refractivity contribution in [1.82, 2.24) is 25.0 Å². The molecule has 0 unspecified atom stereocenters. The molecule has 0 saturated carbocycles. The minimum absolute atomic E-state index is 0.0144. The van der Waals surface area contributed by atoms with E-state index in [0.717, 1.165) is 43.6 Å². The number of rotatable bonds is 6. The third-order valence-electron chi connectivity index (χ3n) is 4.93. The molecule has 1 aromatic heterocycles. The van der Waals surface area contributed by atoms with Gasteiger partial charge in [0.2, 0.25) is 0 Å². The maximum atomic E-state index is 12.2. The van der Waals surface area contributed by atoms with Crippen LogP contribution in [0.2, 0.25) is 0 Å². The zero-order valence-corrected chi connectivity index (χ0v) is 15.3. The fourth-order valence-electron chi connectivity index (χ4n) is 3.38. The van der Waals surface area contributed by atoms with Crippen molar-refractivity contribution in [3.05, 3.63) is 52.2 Å². The largest absolute Gasteiger partial charge is 0.343 e. The number of hydrogen-bond donors (Lipinski definition) is 2. The Morgan fingerprint density at radius 1 is 1.27 bits per heavy atom. The Labute approximate surface area is 153 Å². The highest BCUT2D eigenvalue weighted by atomic mass is 16.2. The first-order valence-electron chi connectivity index (χ1n) is 9.41. The van der Waals surface area contributed by atoms with Crippen LogP contribution in [0.15, 0.2) is 35.1 Å². The molecule has 2 heterocycles. The van der Waals surface area contributed by atoms with Crippen molar-refractivity contribution >= 4 is 6.03 Å². The normalized spacial score (nSPS) is 15.2. The number of carbonyl (C=O) groups is 1. The average molecular weight is 357 g/mol. The van der Waals surface area contributed by atoms with E-state index in [1.54, 1.807) is 4.57 Å². The molecule has 26 heavy (non-hydrogen) atoms. The molecule has 7 nitrogen and oxygen atoms in total. The zero-order chi connectivity index (χ0) is 18.4. The Hall–Kier alpha value is -2.57. The smallest absolute Gasteiger partial charge is 0.338 e. The number of hydrogen-bond acceptors (Lipinski definition) is 3. The van der Waals surface area contributed by atoms with Gasteiger partial charge < -0.3 is 10.2 Å². The quantitative estimate of drug-likeness (QED) is 0.778. The monoisotopic (exact) mass is 357 g/mol. The van der Waals surface area contributed by atoms with Gasteiger partial charge in [-0.1, -0.05) is 43.7 Å². The van der Waals surface area contributed by atoms with E-state index in [0.29, 0.717) is 19.6 Å². The van der Waals surface area contributed by atoms with Crippen LogP contribution in [0.1, 0.15) is 49.9 Å². The molecule has 1 fully saturated rings. The summed E-state index contributed by atoms with van der Waals surface area (Å²) in [7, 11) is 0. The van der Waals surface area contributed by atoms with E-state index in [2.05, 4.69) is 22.4 Å². The van der Waals surface area contributed by atoms with Gasteiger partial charge in [0.05, 0.1) is 6.54 Å². The van der Waals surface area contributed by atoms with Gasteiger partial charge in [0.15, 0.2) is 0 Å². The number of nitrogens with zero attached hydrogens (tertiary/aromatic N) is 3. The lowest BCUT2D eigenvalue weighted by atomic mass is 9.96. The maximum absolute atomic E-state index is 12.2. The minimum atomic E-state index is -0.177. The summed E-state index contributed by atoms with van der Waals surface area (Å²) in [5.41, 5.74) is 0.897. The van der Waals surface area contributed by atoms with Gasteiger partial charge in [-0.3, -0.25) is 4.57 Å². The molecule has 2 amide bonds. The summed E-state index contributed by atoms with van der Waals surface area (Å²) in [6, 6.07) is 9.93. The number of piperidine rings is 1. The lowest BCUT2D eigenvalue weighted by Gasteiger charge is -2.31. The molecule has 1 aromatic carbocycles. The van der Waals surface area contributed by atoms with Crippen LogP contribution < -0.4 is 11.0 Å². The SMILES string of the molecule is CCCCNC(=O)N1CCC(c2n[nH]c(=O)n2Cc2ccccc2)CC1. The maximum Gasteiger partial charge on any atom is 0.343 e. The first-order valence-corrected chi connectivity index (χ1v) is 9.41. The number of aromatic nitrogens is 3. The van der Waals surface area contributed by atoms with Crippen molar-refractivity contribution < 1.29 is 4.79 Å². The van der Waals surface area contributed by atoms with Gasteiger partial charge >= 0.3 is 11.7 Å². The van der Waals surface area contributed by atoms with Crippen molar-refractivity contribution in [2.24, 2.45) is 0 Å². The molecule has 0 atom stereocenters. The fraction of sp³-hybridized carbons (Fsp3) is 0.526. The number of aromatic amines is 1. The van der Waals surface area contributed by atoms with Crippen LogP contribution in [0, 0.1) is 0 Å². The fourth-order valence-corrected chi connectivity index (χ4v) is 3.38. The number of likely N-dealkylation sites (tertiary alicyclic amines) is 1. The summed E-state index contributed by atoms with van der Waals surface area (Å²) in [4.78, 5) is 26.2. The Morgan fingerprint density at radius 2 is 2.00 bits per heavy atom. The van der Waals surface area contributed by atoms with Gasteiger partial charge in [0.1, 0.15) is 5.82 Å². The van der Waals surface area contributed by atoms with Crippen LogP contribution in [0.4, 0.5) is 4.79 Å². The van der Waals surface area contributed by atoms with Crippen molar-refractivity contribution in [2.45, 2.75) is 45.1 Å². The van der Waals surface area contributed by atoms with E-state index in [4.69, 9.17) is 0 Å². The van der Waals surface area contributed by atoms with E-state index in [1.165, 1.54) is 0 Å². The highest BCUT2D eigenvalue weighted by molar-refractivity contribution is 5.74. The highest BCUT2D eigenvalue weighted by Crippen LogP contribution is 2.26. The van der Waals surface area contributed by atoms with Crippen molar-refractivity contribution in [2.75, 3.05) is 19.6 Å².